The zero-order chi connectivity index (χ0) is 26.4. The highest BCUT2D eigenvalue weighted by Crippen LogP contribution is 2.44. The molecule has 1 saturated heterocycles. The number of hydrogen-bond donors (Lipinski definition) is 3. The Morgan fingerprint density at radius 3 is 2.74 bits per heavy atom. The zero-order valence-electron chi connectivity index (χ0n) is 19.7. The summed E-state index contributed by atoms with van der Waals surface area (Å²) in [4.78, 5) is 33.9. The molecule has 2 aromatic carbocycles. The summed E-state index contributed by atoms with van der Waals surface area (Å²) >= 11 is 6.10. The molecule has 0 bridgehead atoms. The summed E-state index contributed by atoms with van der Waals surface area (Å²) < 4.78 is 16.6. The topological polar surface area (TPSA) is 142 Å². The van der Waals surface area contributed by atoms with E-state index in [9.17, 15) is 9.59 Å². The van der Waals surface area contributed by atoms with Crippen LogP contribution in [0.3, 0.4) is 0 Å². The fourth-order valence-electron chi connectivity index (χ4n) is 5.21. The van der Waals surface area contributed by atoms with Crippen LogP contribution in [0.25, 0.3) is 22.5 Å². The van der Waals surface area contributed by atoms with Crippen LogP contribution in [0.2, 0.25) is 5.02 Å². The molecule has 4 aromatic rings. The Morgan fingerprint density at radius 2 is 2.00 bits per heavy atom. The molecule has 2 aliphatic rings. The lowest BCUT2D eigenvalue weighted by Gasteiger charge is -2.33. The highest BCUT2D eigenvalue weighted by molar-refractivity contribution is 6.31. The van der Waals surface area contributed by atoms with E-state index >= 15 is 4.39 Å². The minimum absolute atomic E-state index is 0.0493. The molecular formula is C25H20ClFN8O3. The van der Waals surface area contributed by atoms with E-state index in [1.165, 1.54) is 23.2 Å². The summed E-state index contributed by atoms with van der Waals surface area (Å²) in [5, 5.41) is 22.3. The van der Waals surface area contributed by atoms with E-state index in [-0.39, 0.29) is 28.6 Å². The van der Waals surface area contributed by atoms with E-state index in [2.05, 4.69) is 30.8 Å². The van der Waals surface area contributed by atoms with Crippen molar-refractivity contribution < 1.29 is 19.1 Å². The standard InChI is InChI=1S/C25H20ClFN8O3/c26-17-6-8-19(34-12-29-32-33-34)22(23(17)27)14-9-16-5-7-20(35(16)21(36)10-14)24-28-11-18(31-24)13-1-3-15(4-2-13)30-25(37)38/h1-4,6,8,10-12,16,20,30H,5,7,9H2,(H,28,31)(H,37,38)/t16-,20-/m0/s1. The Hall–Kier alpha value is -4.58. The SMILES string of the molecule is O=C(O)Nc1ccc(-c2cnc([C@@H]3CC[C@H]4CC(c5c(-n6cnnn6)ccc(Cl)c5F)=CC(=O)N43)[nH]2)cc1. The van der Waals surface area contributed by atoms with Crippen molar-refractivity contribution >= 4 is 34.9 Å². The lowest BCUT2D eigenvalue weighted by atomic mass is 9.92. The second kappa shape index (κ2) is 9.38. The molecule has 11 nitrogen and oxygen atoms in total. The summed E-state index contributed by atoms with van der Waals surface area (Å²) in [5.74, 6) is -0.200. The largest absolute Gasteiger partial charge is 0.465 e. The lowest BCUT2D eigenvalue weighted by molar-refractivity contribution is -0.129. The number of hydrogen-bond acceptors (Lipinski definition) is 6. The summed E-state index contributed by atoms with van der Waals surface area (Å²) in [6, 6.07) is 9.55. The highest BCUT2D eigenvalue weighted by Gasteiger charge is 2.42. The zero-order valence-corrected chi connectivity index (χ0v) is 20.4. The molecule has 0 saturated carbocycles. The van der Waals surface area contributed by atoms with Crippen LogP contribution < -0.4 is 5.32 Å². The Balaban J connectivity index is 1.27. The maximum Gasteiger partial charge on any atom is 0.409 e. The van der Waals surface area contributed by atoms with Gasteiger partial charge in [0.15, 0.2) is 5.82 Å². The number of tetrazole rings is 1. The van der Waals surface area contributed by atoms with Crippen LogP contribution >= 0.6 is 11.6 Å². The van der Waals surface area contributed by atoms with Gasteiger partial charge in [-0.05, 0) is 65.1 Å². The molecule has 38 heavy (non-hydrogen) atoms. The molecule has 13 heteroatoms. The smallest absolute Gasteiger partial charge is 0.409 e. The second-order valence-electron chi connectivity index (χ2n) is 9.07. The van der Waals surface area contributed by atoms with E-state index in [1.807, 2.05) is 0 Å². The quantitative estimate of drug-likeness (QED) is 0.343. The molecular weight excluding hydrogens is 515 g/mol. The number of aromatic nitrogens is 6. The van der Waals surface area contributed by atoms with Gasteiger partial charge in [0, 0.05) is 23.4 Å². The third-order valence-corrected chi connectivity index (χ3v) is 7.15. The van der Waals surface area contributed by atoms with Gasteiger partial charge in [0.2, 0.25) is 5.91 Å². The van der Waals surface area contributed by atoms with Gasteiger partial charge in [0.1, 0.15) is 12.2 Å². The Bertz CT molecular complexity index is 1570. The molecule has 2 amide bonds. The maximum absolute atomic E-state index is 15.3. The molecule has 0 spiro atoms. The monoisotopic (exact) mass is 534 g/mol. The minimum atomic E-state index is -1.13. The number of anilines is 1. The van der Waals surface area contributed by atoms with Gasteiger partial charge in [-0.15, -0.1) is 5.10 Å². The summed E-state index contributed by atoms with van der Waals surface area (Å²) in [5.41, 5.74) is 3.19. The van der Waals surface area contributed by atoms with Gasteiger partial charge in [0.05, 0.1) is 28.6 Å². The maximum atomic E-state index is 15.3. The van der Waals surface area contributed by atoms with E-state index in [0.29, 0.717) is 35.6 Å². The van der Waals surface area contributed by atoms with Crippen LogP contribution in [0, 0.1) is 5.82 Å². The first-order valence-corrected chi connectivity index (χ1v) is 12.2. The predicted octanol–water partition coefficient (Wildman–Crippen LogP) is 4.45. The molecule has 2 aliphatic heterocycles. The van der Waals surface area contributed by atoms with E-state index in [4.69, 9.17) is 16.7 Å². The number of carbonyl (C=O) groups is 2. The summed E-state index contributed by atoms with van der Waals surface area (Å²) in [6.45, 7) is 0. The number of nitrogens with one attached hydrogen (secondary N) is 2. The number of imidazole rings is 1. The van der Waals surface area contributed by atoms with Crippen LogP contribution in [-0.4, -0.2) is 58.2 Å². The first-order valence-electron chi connectivity index (χ1n) is 11.8. The average molecular weight is 535 g/mol. The molecule has 0 unspecified atom stereocenters. The van der Waals surface area contributed by atoms with Crippen LogP contribution in [0.5, 0.6) is 0 Å². The number of halogens is 2. The third-order valence-electron chi connectivity index (χ3n) is 6.86. The van der Waals surface area contributed by atoms with Gasteiger partial charge in [-0.3, -0.25) is 10.1 Å². The van der Waals surface area contributed by atoms with Crippen LogP contribution in [0.4, 0.5) is 14.9 Å². The van der Waals surface area contributed by atoms with E-state index in [1.54, 1.807) is 41.4 Å². The minimum Gasteiger partial charge on any atom is -0.465 e. The number of carboxylic acid groups (broad SMARTS) is 1. The molecule has 4 heterocycles. The number of benzene rings is 2. The van der Waals surface area contributed by atoms with Crippen molar-refractivity contribution in [1.82, 2.24) is 35.1 Å². The van der Waals surface area contributed by atoms with Crippen molar-refractivity contribution in [3.8, 4) is 16.9 Å². The molecule has 2 atom stereocenters. The number of rotatable bonds is 5. The number of amides is 2. The predicted molar refractivity (Wildman–Crippen MR) is 135 cm³/mol. The molecule has 192 valence electrons. The first kappa shape index (κ1) is 23.8. The summed E-state index contributed by atoms with van der Waals surface area (Å²) in [7, 11) is 0. The van der Waals surface area contributed by atoms with Gasteiger partial charge in [-0.2, -0.15) is 4.68 Å². The van der Waals surface area contributed by atoms with E-state index < -0.39 is 11.9 Å². The van der Waals surface area contributed by atoms with Crippen LogP contribution in [0.1, 0.15) is 36.7 Å². The average Bonchev–Trinajstić information content (AvgIpc) is 3.66. The number of H-pyrrole nitrogens is 1. The van der Waals surface area contributed by atoms with Crippen molar-refractivity contribution in [2.45, 2.75) is 31.3 Å². The van der Waals surface area contributed by atoms with Gasteiger partial charge in [-0.25, -0.2) is 14.2 Å². The molecule has 0 radical (unpaired) electrons. The van der Waals surface area contributed by atoms with Crippen molar-refractivity contribution in [3.63, 3.8) is 0 Å². The number of carbonyl (C=O) groups excluding carboxylic acids is 1. The van der Waals surface area contributed by atoms with Gasteiger partial charge in [0.25, 0.3) is 0 Å². The molecule has 6 rings (SSSR count). The highest BCUT2D eigenvalue weighted by atomic mass is 35.5. The third kappa shape index (κ3) is 4.18. The fraction of sp³-hybridized carbons (Fsp3) is 0.200. The van der Waals surface area contributed by atoms with E-state index in [0.717, 1.165) is 17.7 Å². The summed E-state index contributed by atoms with van der Waals surface area (Å²) in [6.07, 6.45) is 5.24. The normalized spacial score (nSPS) is 18.8. The van der Waals surface area contributed by atoms with Gasteiger partial charge >= 0.3 is 6.09 Å². The van der Waals surface area contributed by atoms with Crippen molar-refractivity contribution in [2.75, 3.05) is 5.32 Å². The van der Waals surface area contributed by atoms with Crippen molar-refractivity contribution in [3.05, 3.63) is 77.2 Å². The molecule has 1 fully saturated rings. The Morgan fingerprint density at radius 1 is 1.18 bits per heavy atom. The Kier molecular flexibility index (Phi) is 5.87. The molecule has 0 aliphatic carbocycles. The molecule has 2 aromatic heterocycles. The fourth-order valence-corrected chi connectivity index (χ4v) is 5.37. The Labute approximate surface area is 219 Å². The van der Waals surface area contributed by atoms with Crippen molar-refractivity contribution in [2.24, 2.45) is 0 Å². The first-order chi connectivity index (χ1) is 18.4. The van der Waals surface area contributed by atoms with Gasteiger partial charge in [-0.1, -0.05) is 23.7 Å². The van der Waals surface area contributed by atoms with Crippen LogP contribution in [-0.2, 0) is 4.79 Å². The molecule has 3 N–H and O–H groups in total. The number of fused-ring (bicyclic) bond motifs is 1. The second-order valence-corrected chi connectivity index (χ2v) is 9.47. The van der Waals surface area contributed by atoms with Crippen molar-refractivity contribution in [1.29, 1.82) is 0 Å². The van der Waals surface area contributed by atoms with Gasteiger partial charge < -0.3 is 15.0 Å². The van der Waals surface area contributed by atoms with Crippen LogP contribution in [0.15, 0.2) is 55.0 Å². The number of aromatic amines is 1. The number of nitrogens with zero attached hydrogens (tertiary/aromatic N) is 6. The lowest BCUT2D eigenvalue weighted by Crippen LogP contribution is -2.39.